The van der Waals surface area contributed by atoms with Gasteiger partial charge in [0.15, 0.2) is 5.78 Å². The molecule has 0 saturated carbocycles. The zero-order valence-electron chi connectivity index (χ0n) is 11.0. The first-order valence-electron chi connectivity index (χ1n) is 5.90. The largest absolute Gasteiger partial charge is 0.494 e. The highest BCUT2D eigenvalue weighted by Crippen LogP contribution is 2.25. The molecule has 0 heterocycles. The Labute approximate surface area is 103 Å². The number of nitrogens with two attached hydrogens (primary N) is 1. The first-order chi connectivity index (χ1) is 7.92. The highest BCUT2D eigenvalue weighted by atomic mass is 16.5. The first-order valence-corrected chi connectivity index (χ1v) is 5.90. The molecule has 94 valence electrons. The van der Waals surface area contributed by atoms with Crippen LogP contribution in [0.1, 0.15) is 36.7 Å². The van der Waals surface area contributed by atoms with Crippen molar-refractivity contribution in [3.05, 3.63) is 29.3 Å². The maximum atomic E-state index is 12.2. The van der Waals surface area contributed by atoms with E-state index in [0.717, 1.165) is 11.3 Å². The van der Waals surface area contributed by atoms with E-state index in [1.165, 1.54) is 0 Å². The van der Waals surface area contributed by atoms with Crippen molar-refractivity contribution in [1.29, 1.82) is 0 Å². The Morgan fingerprint density at radius 2 is 2.06 bits per heavy atom. The van der Waals surface area contributed by atoms with E-state index >= 15 is 0 Å². The van der Waals surface area contributed by atoms with Crippen molar-refractivity contribution in [2.75, 3.05) is 13.2 Å². The van der Waals surface area contributed by atoms with Crippen molar-refractivity contribution in [1.82, 2.24) is 0 Å². The van der Waals surface area contributed by atoms with Gasteiger partial charge in [-0.05, 0) is 37.6 Å². The Morgan fingerprint density at radius 3 is 2.53 bits per heavy atom. The van der Waals surface area contributed by atoms with Gasteiger partial charge in [0.1, 0.15) is 5.75 Å². The zero-order chi connectivity index (χ0) is 13.1. The summed E-state index contributed by atoms with van der Waals surface area (Å²) in [4.78, 5) is 12.2. The van der Waals surface area contributed by atoms with Crippen LogP contribution in [-0.2, 0) is 0 Å². The maximum Gasteiger partial charge on any atom is 0.169 e. The smallest absolute Gasteiger partial charge is 0.169 e. The standard InChI is InChI=1S/C14H21NO2/c1-5-17-12-7-6-11(8-10(12)2)13(16)14(3,4)9-15/h6-8H,5,9,15H2,1-4H3. The molecule has 0 aliphatic carbocycles. The number of carbonyl (C=O) groups is 1. The summed E-state index contributed by atoms with van der Waals surface area (Å²) in [6.07, 6.45) is 0. The third kappa shape index (κ3) is 3.07. The number of hydrogen-bond donors (Lipinski definition) is 1. The predicted octanol–water partition coefficient (Wildman–Crippen LogP) is 2.56. The predicted molar refractivity (Wildman–Crippen MR) is 69.5 cm³/mol. The van der Waals surface area contributed by atoms with Crippen LogP contribution in [0.25, 0.3) is 0 Å². The lowest BCUT2D eigenvalue weighted by Crippen LogP contribution is -2.32. The van der Waals surface area contributed by atoms with E-state index in [9.17, 15) is 4.79 Å². The molecule has 2 N–H and O–H groups in total. The average molecular weight is 235 g/mol. The number of carbonyl (C=O) groups excluding carboxylic acids is 1. The summed E-state index contributed by atoms with van der Waals surface area (Å²) < 4.78 is 5.45. The summed E-state index contributed by atoms with van der Waals surface area (Å²) in [6.45, 7) is 8.58. The monoisotopic (exact) mass is 235 g/mol. The number of rotatable bonds is 5. The third-order valence-corrected chi connectivity index (χ3v) is 2.86. The van der Waals surface area contributed by atoms with Gasteiger partial charge in [-0.1, -0.05) is 13.8 Å². The molecule has 1 aromatic carbocycles. The second-order valence-corrected chi connectivity index (χ2v) is 4.83. The van der Waals surface area contributed by atoms with Crippen molar-refractivity contribution in [3.8, 4) is 5.75 Å². The minimum atomic E-state index is -0.514. The van der Waals surface area contributed by atoms with E-state index in [1.54, 1.807) is 6.07 Å². The summed E-state index contributed by atoms with van der Waals surface area (Å²) in [7, 11) is 0. The molecule has 3 heteroatoms. The Morgan fingerprint density at radius 1 is 1.41 bits per heavy atom. The third-order valence-electron chi connectivity index (χ3n) is 2.86. The van der Waals surface area contributed by atoms with Crippen LogP contribution in [0.15, 0.2) is 18.2 Å². The number of aryl methyl sites for hydroxylation is 1. The van der Waals surface area contributed by atoms with Gasteiger partial charge in [-0.15, -0.1) is 0 Å². The lowest BCUT2D eigenvalue weighted by molar-refractivity contribution is 0.0847. The topological polar surface area (TPSA) is 52.3 Å². The highest BCUT2D eigenvalue weighted by Gasteiger charge is 2.27. The minimum absolute atomic E-state index is 0.0751. The number of benzene rings is 1. The van der Waals surface area contributed by atoms with E-state index in [1.807, 2.05) is 39.8 Å². The van der Waals surface area contributed by atoms with Crippen LogP contribution in [0.4, 0.5) is 0 Å². The number of Topliss-reactive ketones (excluding diaryl/α,β-unsaturated/α-hetero) is 1. The van der Waals surface area contributed by atoms with Crippen LogP contribution < -0.4 is 10.5 Å². The van der Waals surface area contributed by atoms with Gasteiger partial charge in [-0.3, -0.25) is 4.79 Å². The van der Waals surface area contributed by atoms with Crippen LogP contribution in [0.2, 0.25) is 0 Å². The van der Waals surface area contributed by atoms with Crippen LogP contribution in [0.3, 0.4) is 0 Å². The molecule has 0 radical (unpaired) electrons. The minimum Gasteiger partial charge on any atom is -0.494 e. The van der Waals surface area contributed by atoms with Crippen LogP contribution in [0, 0.1) is 12.3 Å². The van der Waals surface area contributed by atoms with Gasteiger partial charge < -0.3 is 10.5 Å². The summed E-state index contributed by atoms with van der Waals surface area (Å²) >= 11 is 0. The van der Waals surface area contributed by atoms with Crippen LogP contribution in [0.5, 0.6) is 5.75 Å². The van der Waals surface area contributed by atoms with Crippen molar-refractivity contribution in [2.24, 2.45) is 11.1 Å². The fourth-order valence-corrected chi connectivity index (χ4v) is 1.59. The average Bonchev–Trinajstić information content (AvgIpc) is 2.31. The molecule has 0 aromatic heterocycles. The molecule has 0 spiro atoms. The summed E-state index contributed by atoms with van der Waals surface area (Å²) in [5, 5.41) is 0. The molecular weight excluding hydrogens is 214 g/mol. The first kappa shape index (κ1) is 13.7. The molecule has 17 heavy (non-hydrogen) atoms. The molecule has 0 bridgehead atoms. The number of ketones is 1. The fraction of sp³-hybridized carbons (Fsp3) is 0.500. The molecule has 3 nitrogen and oxygen atoms in total. The van der Waals surface area contributed by atoms with E-state index in [0.29, 0.717) is 18.7 Å². The summed E-state index contributed by atoms with van der Waals surface area (Å²) in [6, 6.07) is 5.52. The number of ether oxygens (including phenoxy) is 1. The summed E-state index contributed by atoms with van der Waals surface area (Å²) in [5.74, 6) is 0.903. The van der Waals surface area contributed by atoms with Gasteiger partial charge in [0, 0.05) is 17.5 Å². The molecular formula is C14H21NO2. The van der Waals surface area contributed by atoms with Gasteiger partial charge in [0.25, 0.3) is 0 Å². The molecule has 0 atom stereocenters. The van der Waals surface area contributed by atoms with Gasteiger partial charge in [0.05, 0.1) is 6.61 Å². The van der Waals surface area contributed by atoms with Crippen molar-refractivity contribution in [3.63, 3.8) is 0 Å². The normalized spacial score (nSPS) is 11.4. The van der Waals surface area contributed by atoms with Crippen molar-refractivity contribution in [2.45, 2.75) is 27.7 Å². The van der Waals surface area contributed by atoms with Gasteiger partial charge in [-0.25, -0.2) is 0 Å². The fourth-order valence-electron chi connectivity index (χ4n) is 1.59. The Balaban J connectivity index is 3.02. The molecule has 1 rings (SSSR count). The molecule has 0 aliphatic heterocycles. The number of hydrogen-bond acceptors (Lipinski definition) is 3. The summed E-state index contributed by atoms with van der Waals surface area (Å²) in [5.41, 5.74) is 6.77. The molecule has 0 aliphatic rings. The lowest BCUT2D eigenvalue weighted by Gasteiger charge is -2.21. The van der Waals surface area contributed by atoms with E-state index in [2.05, 4.69) is 0 Å². The molecule has 0 amide bonds. The second-order valence-electron chi connectivity index (χ2n) is 4.83. The van der Waals surface area contributed by atoms with Gasteiger partial charge in [-0.2, -0.15) is 0 Å². The molecule has 0 saturated heterocycles. The lowest BCUT2D eigenvalue weighted by atomic mass is 9.84. The van der Waals surface area contributed by atoms with Gasteiger partial charge >= 0.3 is 0 Å². The Kier molecular flexibility index (Phi) is 4.29. The van der Waals surface area contributed by atoms with Crippen molar-refractivity contribution >= 4 is 5.78 Å². The van der Waals surface area contributed by atoms with Gasteiger partial charge in [0.2, 0.25) is 0 Å². The Hall–Kier alpha value is -1.35. The maximum absolute atomic E-state index is 12.2. The molecule has 0 unspecified atom stereocenters. The quantitative estimate of drug-likeness (QED) is 0.798. The van der Waals surface area contributed by atoms with E-state index in [4.69, 9.17) is 10.5 Å². The van der Waals surface area contributed by atoms with Crippen LogP contribution in [-0.4, -0.2) is 18.9 Å². The Bertz CT molecular complexity index is 411. The van der Waals surface area contributed by atoms with E-state index < -0.39 is 5.41 Å². The highest BCUT2D eigenvalue weighted by molar-refractivity contribution is 6.00. The molecule has 0 fully saturated rings. The SMILES string of the molecule is CCOc1ccc(C(=O)C(C)(C)CN)cc1C. The van der Waals surface area contributed by atoms with Crippen LogP contribution >= 0.6 is 0 Å². The van der Waals surface area contributed by atoms with E-state index in [-0.39, 0.29) is 5.78 Å². The zero-order valence-corrected chi connectivity index (χ0v) is 11.0. The molecule has 1 aromatic rings. The van der Waals surface area contributed by atoms with Crippen molar-refractivity contribution < 1.29 is 9.53 Å². The second kappa shape index (κ2) is 5.32.